The number of aromatic nitrogens is 5. The molecule has 95 heavy (non-hydrogen) atoms. The third kappa shape index (κ3) is 16.5. The maximum Gasteiger partial charge on any atom is 0.265 e. The minimum absolute atomic E-state index is 0.0159. The zero-order chi connectivity index (χ0) is 67.1. The van der Waals surface area contributed by atoms with Crippen molar-refractivity contribution in [1.29, 1.82) is 0 Å². The molecule has 3 amide bonds. The molecule has 1 unspecified atom stereocenters. The number of hydrogen-bond donors (Lipinski definition) is 5. The van der Waals surface area contributed by atoms with E-state index in [-0.39, 0.29) is 41.8 Å². The van der Waals surface area contributed by atoms with Crippen molar-refractivity contribution >= 4 is 56.6 Å². The number of ether oxygens (including phenoxy) is 1. The summed E-state index contributed by atoms with van der Waals surface area (Å²) in [6.45, 7) is 12.1. The number of piperazine rings is 1. The number of anilines is 2. The minimum atomic E-state index is -2.15. The van der Waals surface area contributed by atoms with Gasteiger partial charge in [-0.05, 0) is 196 Å². The maximum atomic E-state index is 15.3. The van der Waals surface area contributed by atoms with E-state index in [1.807, 2.05) is 126 Å². The van der Waals surface area contributed by atoms with Gasteiger partial charge in [0.15, 0.2) is 16.6 Å². The molecule has 1 atom stereocenters. The van der Waals surface area contributed by atoms with E-state index in [1.165, 1.54) is 15.2 Å². The summed E-state index contributed by atoms with van der Waals surface area (Å²) in [6.07, 6.45) is 16.7. The molecular formula is C73H87FN10O9Si2. The zero-order valence-corrected chi connectivity index (χ0v) is 57.0. The number of halogens is 1. The Morgan fingerprint density at radius 2 is 1.49 bits per heavy atom. The first-order chi connectivity index (χ1) is 45.6. The van der Waals surface area contributed by atoms with Crippen molar-refractivity contribution in [2.75, 3.05) is 56.0 Å². The lowest BCUT2D eigenvalue weighted by Gasteiger charge is -2.38. The highest BCUT2D eigenvalue weighted by molar-refractivity contribution is 6.70. The van der Waals surface area contributed by atoms with E-state index >= 15 is 4.39 Å². The van der Waals surface area contributed by atoms with Gasteiger partial charge in [-0.1, -0.05) is 48.9 Å². The van der Waals surface area contributed by atoms with Gasteiger partial charge in [0.25, 0.3) is 17.0 Å². The van der Waals surface area contributed by atoms with Gasteiger partial charge in [-0.15, -0.1) is 0 Å². The first-order valence-corrected chi connectivity index (χ1v) is 39.6. The number of primary amides is 1. The lowest BCUT2D eigenvalue weighted by atomic mass is 9.87. The number of aliphatic hydroxyl groups excluding tert-OH is 1. The number of fused-ring (bicyclic) bond motifs is 2. The third-order valence-corrected chi connectivity index (χ3v) is 21.8. The molecular weight excluding hydrogens is 1240 g/mol. The Balaban J connectivity index is 0.000000199. The molecule has 4 aliphatic rings. The first kappa shape index (κ1) is 67.6. The SMILES string of the molecule is C[Si](C)(O)CCC/C=C/C(=O)N1CCC(C2CCNc3c(C(N)=O)c(-c4ccc(Oc5ccccc5)cc4)nn32)CC1.Cn1cc(-c2cccc(-n3ccc4cc(C5CC5)cc(F)c4c3=O)c2CO)cc(Cc2ccc(N3CCN(C(=O)CCC[Si](C)(C)O)CC3)cn2)c1=O. The van der Waals surface area contributed by atoms with Crippen LogP contribution in [-0.4, -0.2) is 129 Å². The monoisotopic (exact) mass is 1320 g/mol. The van der Waals surface area contributed by atoms with E-state index in [4.69, 9.17) is 15.6 Å². The van der Waals surface area contributed by atoms with E-state index in [0.29, 0.717) is 114 Å². The molecule has 498 valence electrons. The van der Waals surface area contributed by atoms with Crippen molar-refractivity contribution in [1.82, 2.24) is 33.7 Å². The van der Waals surface area contributed by atoms with E-state index in [1.54, 1.807) is 56.0 Å². The Labute approximate surface area is 555 Å². The largest absolute Gasteiger partial charge is 0.457 e. The number of aryl methyl sites for hydroxylation is 1. The van der Waals surface area contributed by atoms with Gasteiger partial charge in [0.2, 0.25) is 11.8 Å². The van der Waals surface area contributed by atoms with Crippen LogP contribution < -0.4 is 31.8 Å². The predicted octanol–water partition coefficient (Wildman–Crippen LogP) is 11.0. The van der Waals surface area contributed by atoms with Crippen LogP contribution in [-0.2, 0) is 29.7 Å². The number of carbonyl (C=O) groups excluding carboxylic acids is 3. The van der Waals surface area contributed by atoms with E-state index in [2.05, 4.69) is 15.2 Å². The second-order valence-electron chi connectivity index (χ2n) is 27.0. The van der Waals surface area contributed by atoms with Gasteiger partial charge in [-0.2, -0.15) is 5.10 Å². The van der Waals surface area contributed by atoms with Crippen LogP contribution in [0, 0.1) is 11.7 Å². The van der Waals surface area contributed by atoms with Crippen molar-refractivity contribution in [3.05, 3.63) is 194 Å². The fourth-order valence-electron chi connectivity index (χ4n) is 13.4. The van der Waals surface area contributed by atoms with Crippen LogP contribution in [0.4, 0.5) is 15.9 Å². The van der Waals surface area contributed by atoms with Gasteiger partial charge in [0.1, 0.15) is 34.4 Å². The van der Waals surface area contributed by atoms with Crippen molar-refractivity contribution in [3.8, 4) is 39.6 Å². The number of hydrogen-bond acceptors (Lipinski definition) is 13. The predicted molar refractivity (Wildman–Crippen MR) is 375 cm³/mol. The number of piperidine rings is 1. The number of nitrogens with two attached hydrogens (primary N) is 1. The Morgan fingerprint density at radius 3 is 2.17 bits per heavy atom. The number of carbonyl (C=O) groups is 3. The number of amides is 3. The van der Waals surface area contributed by atoms with Crippen molar-refractivity contribution in [2.45, 2.75) is 121 Å². The molecule has 3 fully saturated rings. The summed E-state index contributed by atoms with van der Waals surface area (Å²) in [6, 6.07) is 35.0. The summed E-state index contributed by atoms with van der Waals surface area (Å²) in [5.41, 5.74) is 12.4. The lowest BCUT2D eigenvalue weighted by Crippen LogP contribution is -2.48. The van der Waals surface area contributed by atoms with Crippen LogP contribution >= 0.6 is 0 Å². The zero-order valence-electron chi connectivity index (χ0n) is 55.0. The second kappa shape index (κ2) is 29.5. The number of para-hydroxylation sites is 1. The number of unbranched alkanes of at least 4 members (excludes halogenated alkanes) is 1. The molecule has 0 spiro atoms. The lowest BCUT2D eigenvalue weighted by molar-refractivity contribution is -0.131. The molecule has 0 bridgehead atoms. The summed E-state index contributed by atoms with van der Waals surface area (Å²) < 4.78 is 26.1. The number of allylic oxidation sites excluding steroid dienone is 1. The summed E-state index contributed by atoms with van der Waals surface area (Å²) >= 11 is 0. The summed E-state index contributed by atoms with van der Waals surface area (Å²) in [5.74, 6) is 1.94. The van der Waals surface area contributed by atoms with Crippen molar-refractivity contribution in [2.24, 2.45) is 18.7 Å². The quantitative estimate of drug-likeness (QED) is 0.0256. The standard InChI is InChI=1S/C41H46FN5O5Si.C32H41N5O4Si/c1-44-25-31(34-6-4-7-37(35(34)26-48)47-14-13-28-20-29(27-9-10-27)23-36(42)39(28)41(47)51)21-30(40(44)50)22-32-11-12-33(24-43-32)45-15-17-46(18-16-45)38(49)8-5-19-53(2,3)52;1-42(2,40)22-8-4-7-11-28(38)36-20-17-23(18-21-36)27-16-19-34-32-29(31(33)39)30(35-37(27)32)24-12-14-26(15-13-24)41-25-9-5-3-6-10-25/h4,6-7,11-14,20-21,23-25,27,48,52H,5,8-10,15-19,22,26H2,1-3H3;3,5-7,9-15,23,27,34,40H,4,8,16-22H2,1-2H3,(H2,33,39)/b;11-7+. The number of nitrogens with one attached hydrogen (secondary N) is 1. The molecule has 1 saturated carbocycles. The Kier molecular flexibility index (Phi) is 21.0. The number of benzene rings is 4. The maximum absolute atomic E-state index is 15.3. The third-order valence-electron chi connectivity index (χ3n) is 18.6. The molecule has 2 saturated heterocycles. The van der Waals surface area contributed by atoms with Crippen LogP contribution in [0.25, 0.3) is 38.8 Å². The molecule has 8 aromatic rings. The number of rotatable bonds is 21. The molecule has 3 aliphatic heterocycles. The summed E-state index contributed by atoms with van der Waals surface area (Å²) in [4.78, 5) is 95.9. The molecule has 6 N–H and O–H groups in total. The van der Waals surface area contributed by atoms with E-state index in [0.717, 1.165) is 98.3 Å². The fraction of sp³-hybridized carbons (Fsp3) is 0.384. The Hall–Kier alpha value is -8.81. The van der Waals surface area contributed by atoms with Crippen molar-refractivity contribution < 1.29 is 38.2 Å². The average Bonchev–Trinajstić information content (AvgIpc) is 1.45. The van der Waals surface area contributed by atoms with E-state index < -0.39 is 33.9 Å². The van der Waals surface area contributed by atoms with Crippen molar-refractivity contribution in [3.63, 3.8) is 0 Å². The normalized spacial score (nSPS) is 16.1. The average molecular weight is 1320 g/mol. The summed E-state index contributed by atoms with van der Waals surface area (Å²) in [5, 5.41) is 19.5. The van der Waals surface area contributed by atoms with Gasteiger partial charge in [0, 0.05) is 100 Å². The molecule has 22 heteroatoms. The highest BCUT2D eigenvalue weighted by atomic mass is 28.4. The highest BCUT2D eigenvalue weighted by Gasteiger charge is 2.36. The van der Waals surface area contributed by atoms with Crippen LogP contribution in [0.5, 0.6) is 11.5 Å². The van der Waals surface area contributed by atoms with Crippen LogP contribution in [0.1, 0.15) is 102 Å². The molecule has 0 radical (unpaired) electrons. The van der Waals surface area contributed by atoms with Gasteiger partial charge >= 0.3 is 0 Å². The highest BCUT2D eigenvalue weighted by Crippen LogP contribution is 2.43. The number of likely N-dealkylation sites (tertiary alicyclic amines) is 1. The molecule has 4 aromatic carbocycles. The summed E-state index contributed by atoms with van der Waals surface area (Å²) in [7, 11) is -2.50. The fourth-order valence-corrected chi connectivity index (χ4v) is 15.5. The minimum Gasteiger partial charge on any atom is -0.457 e. The van der Waals surface area contributed by atoms with Crippen LogP contribution in [0.3, 0.4) is 0 Å². The molecule has 4 aromatic heterocycles. The Morgan fingerprint density at radius 1 is 0.779 bits per heavy atom. The van der Waals surface area contributed by atoms with Crippen LogP contribution in [0.2, 0.25) is 38.3 Å². The van der Waals surface area contributed by atoms with E-state index in [9.17, 15) is 38.7 Å². The number of nitrogens with zero attached hydrogens (tertiary/aromatic N) is 8. The van der Waals surface area contributed by atoms with Gasteiger partial charge in [-0.25, -0.2) is 9.07 Å². The molecule has 12 rings (SSSR count). The first-order valence-electron chi connectivity index (χ1n) is 33.2. The number of aliphatic hydroxyl groups is 1. The smallest absolute Gasteiger partial charge is 0.265 e. The second-order valence-corrected chi connectivity index (χ2v) is 35.2. The molecule has 1 aliphatic carbocycles. The van der Waals surface area contributed by atoms with Gasteiger partial charge < -0.3 is 49.8 Å². The Bertz CT molecular complexity index is 4220. The van der Waals surface area contributed by atoms with Gasteiger partial charge in [0.05, 0.1) is 35.6 Å². The molecule has 7 heterocycles. The molecule has 19 nitrogen and oxygen atoms in total. The topological polar surface area (TPSA) is 244 Å². The van der Waals surface area contributed by atoms with Crippen LogP contribution in [0.15, 0.2) is 150 Å². The number of pyridine rings is 3. The van der Waals surface area contributed by atoms with Gasteiger partial charge in [-0.3, -0.25) is 33.5 Å².